The van der Waals surface area contributed by atoms with E-state index in [2.05, 4.69) is 10.2 Å². The number of rotatable bonds is 7. The maximum Gasteiger partial charge on any atom is 0.166 e. The number of benzene rings is 2. The zero-order valence-corrected chi connectivity index (χ0v) is 13.4. The lowest BCUT2D eigenvalue weighted by molar-refractivity contribution is 0.199. The lowest BCUT2D eigenvalue weighted by Crippen LogP contribution is -2.14. The summed E-state index contributed by atoms with van der Waals surface area (Å²) in [5.41, 5.74) is 0.775. The summed E-state index contributed by atoms with van der Waals surface area (Å²) in [4.78, 5) is 0. The zero-order valence-electron chi connectivity index (χ0n) is 13.4. The van der Waals surface area contributed by atoms with Crippen LogP contribution >= 0.6 is 0 Å². The van der Waals surface area contributed by atoms with Crippen LogP contribution in [0.1, 0.15) is 17.5 Å². The van der Waals surface area contributed by atoms with E-state index in [0.717, 1.165) is 5.56 Å². The molecule has 0 aliphatic carbocycles. The van der Waals surface area contributed by atoms with Crippen LogP contribution in [0.4, 0.5) is 0 Å². The number of aliphatic hydroxyl groups is 1. The van der Waals surface area contributed by atoms with Crippen molar-refractivity contribution in [1.82, 2.24) is 14.8 Å². The van der Waals surface area contributed by atoms with Crippen molar-refractivity contribution >= 4 is 0 Å². The number of hydrogen-bond acceptors (Lipinski definition) is 5. The minimum Gasteiger partial charge on any atom is -0.493 e. The maximum absolute atomic E-state index is 10.5. The minimum absolute atomic E-state index is 0.410. The van der Waals surface area contributed by atoms with Crippen molar-refractivity contribution in [3.63, 3.8) is 0 Å². The normalized spacial score (nSPS) is 11.9. The van der Waals surface area contributed by atoms with E-state index in [1.54, 1.807) is 18.0 Å². The quantitative estimate of drug-likeness (QED) is 0.722. The summed E-state index contributed by atoms with van der Waals surface area (Å²) in [6.45, 7) is 0.928. The Morgan fingerprint density at radius 3 is 2.50 bits per heavy atom. The number of aromatic nitrogens is 3. The summed E-state index contributed by atoms with van der Waals surface area (Å²) in [5, 5.41) is 18.4. The van der Waals surface area contributed by atoms with E-state index in [1.807, 2.05) is 54.6 Å². The van der Waals surface area contributed by atoms with Crippen molar-refractivity contribution < 1.29 is 14.6 Å². The molecule has 1 heterocycles. The van der Waals surface area contributed by atoms with E-state index in [4.69, 9.17) is 9.47 Å². The highest BCUT2D eigenvalue weighted by Gasteiger charge is 2.17. The fourth-order valence-corrected chi connectivity index (χ4v) is 2.42. The van der Waals surface area contributed by atoms with Crippen molar-refractivity contribution in [2.75, 3.05) is 13.7 Å². The van der Waals surface area contributed by atoms with Gasteiger partial charge in [0.15, 0.2) is 17.3 Å². The summed E-state index contributed by atoms with van der Waals surface area (Å²) in [7, 11) is 1.61. The molecule has 0 bridgehead atoms. The van der Waals surface area contributed by atoms with Crippen LogP contribution in [0.3, 0.4) is 0 Å². The molecule has 0 fully saturated rings. The SMILES string of the molecule is COc1ccccc1OCCn1cnnc1[C@@H](O)c1ccccc1. The van der Waals surface area contributed by atoms with Gasteiger partial charge in [0, 0.05) is 0 Å². The Kier molecular flexibility index (Phi) is 5.08. The predicted octanol–water partition coefficient (Wildman–Crippen LogP) is 2.45. The summed E-state index contributed by atoms with van der Waals surface area (Å²) in [5.74, 6) is 1.86. The van der Waals surface area contributed by atoms with Gasteiger partial charge in [0.1, 0.15) is 19.0 Å². The van der Waals surface area contributed by atoms with E-state index in [1.165, 1.54) is 0 Å². The molecular formula is C18H19N3O3. The van der Waals surface area contributed by atoms with E-state index in [-0.39, 0.29) is 0 Å². The lowest BCUT2D eigenvalue weighted by atomic mass is 10.1. The molecule has 124 valence electrons. The summed E-state index contributed by atoms with van der Waals surface area (Å²) in [6.07, 6.45) is 0.771. The average molecular weight is 325 g/mol. The second-order valence-corrected chi connectivity index (χ2v) is 5.20. The molecule has 2 aromatic carbocycles. The molecule has 6 nitrogen and oxygen atoms in total. The lowest BCUT2D eigenvalue weighted by Gasteiger charge is -2.14. The first-order valence-corrected chi connectivity index (χ1v) is 7.66. The van der Waals surface area contributed by atoms with Gasteiger partial charge in [-0.2, -0.15) is 0 Å². The molecule has 0 aliphatic rings. The summed E-state index contributed by atoms with van der Waals surface area (Å²) >= 11 is 0. The number of nitrogens with zero attached hydrogens (tertiary/aromatic N) is 3. The third-order valence-corrected chi connectivity index (χ3v) is 3.66. The molecule has 0 saturated carbocycles. The van der Waals surface area contributed by atoms with Gasteiger partial charge >= 0.3 is 0 Å². The molecule has 6 heteroatoms. The molecule has 1 atom stereocenters. The summed E-state index contributed by atoms with van der Waals surface area (Å²) < 4.78 is 12.8. The van der Waals surface area contributed by atoms with Gasteiger partial charge in [-0.1, -0.05) is 42.5 Å². The molecule has 0 aliphatic heterocycles. The molecule has 3 aromatic rings. The zero-order chi connectivity index (χ0) is 16.8. The maximum atomic E-state index is 10.5. The molecule has 0 unspecified atom stereocenters. The molecule has 24 heavy (non-hydrogen) atoms. The third kappa shape index (κ3) is 3.55. The predicted molar refractivity (Wildman–Crippen MR) is 89.0 cm³/mol. The van der Waals surface area contributed by atoms with Crippen molar-refractivity contribution in [3.8, 4) is 11.5 Å². The van der Waals surface area contributed by atoms with E-state index in [0.29, 0.717) is 30.5 Å². The Morgan fingerprint density at radius 1 is 1.04 bits per heavy atom. The van der Waals surface area contributed by atoms with Crippen molar-refractivity contribution in [1.29, 1.82) is 0 Å². The Morgan fingerprint density at radius 2 is 1.75 bits per heavy atom. The topological polar surface area (TPSA) is 69.4 Å². The second kappa shape index (κ2) is 7.61. The minimum atomic E-state index is -0.819. The van der Waals surface area contributed by atoms with Crippen LogP contribution in [0, 0.1) is 0 Å². The first-order chi connectivity index (χ1) is 11.8. The smallest absolute Gasteiger partial charge is 0.166 e. The summed E-state index contributed by atoms with van der Waals surface area (Å²) in [6, 6.07) is 16.9. The molecule has 1 aromatic heterocycles. The Labute approximate surface area is 140 Å². The van der Waals surface area contributed by atoms with Crippen LogP contribution in [-0.2, 0) is 6.54 Å². The fourth-order valence-electron chi connectivity index (χ4n) is 2.42. The molecule has 3 rings (SSSR count). The standard InChI is InChI=1S/C18H19N3O3/c1-23-15-9-5-6-10-16(15)24-12-11-21-13-19-20-18(21)17(22)14-7-3-2-4-8-14/h2-10,13,17,22H,11-12H2,1H3/t17-/m0/s1. The van der Waals surface area contributed by atoms with Gasteiger partial charge in [0.2, 0.25) is 0 Å². The number of para-hydroxylation sites is 2. The second-order valence-electron chi connectivity index (χ2n) is 5.20. The van der Waals surface area contributed by atoms with Gasteiger partial charge in [0.05, 0.1) is 13.7 Å². The van der Waals surface area contributed by atoms with Crippen LogP contribution in [0.25, 0.3) is 0 Å². The Hall–Kier alpha value is -2.86. The largest absolute Gasteiger partial charge is 0.493 e. The van der Waals surface area contributed by atoms with E-state index >= 15 is 0 Å². The average Bonchev–Trinajstić information content (AvgIpc) is 3.10. The first kappa shape index (κ1) is 16.0. The molecule has 0 spiro atoms. The number of hydrogen-bond donors (Lipinski definition) is 1. The van der Waals surface area contributed by atoms with Gasteiger partial charge in [0.25, 0.3) is 0 Å². The number of ether oxygens (including phenoxy) is 2. The van der Waals surface area contributed by atoms with Crippen LogP contribution < -0.4 is 9.47 Å². The highest BCUT2D eigenvalue weighted by Crippen LogP contribution is 2.26. The fraction of sp³-hybridized carbons (Fsp3) is 0.222. The Balaban J connectivity index is 1.66. The van der Waals surface area contributed by atoms with E-state index < -0.39 is 6.10 Å². The number of methoxy groups -OCH3 is 1. The molecule has 0 saturated heterocycles. The van der Waals surface area contributed by atoms with Gasteiger partial charge in [-0.15, -0.1) is 10.2 Å². The van der Waals surface area contributed by atoms with Crippen LogP contribution in [0.5, 0.6) is 11.5 Å². The van der Waals surface area contributed by atoms with Crippen molar-refractivity contribution in [2.45, 2.75) is 12.6 Å². The van der Waals surface area contributed by atoms with Gasteiger partial charge in [-0.25, -0.2) is 0 Å². The van der Waals surface area contributed by atoms with Crippen LogP contribution in [0.15, 0.2) is 60.9 Å². The highest BCUT2D eigenvalue weighted by atomic mass is 16.5. The first-order valence-electron chi connectivity index (χ1n) is 7.66. The van der Waals surface area contributed by atoms with Gasteiger partial charge in [-0.05, 0) is 17.7 Å². The van der Waals surface area contributed by atoms with Crippen LogP contribution in [0.2, 0.25) is 0 Å². The molecular weight excluding hydrogens is 306 g/mol. The number of aliphatic hydroxyl groups excluding tert-OH is 1. The third-order valence-electron chi connectivity index (χ3n) is 3.66. The Bertz CT molecular complexity index is 774. The van der Waals surface area contributed by atoms with Crippen molar-refractivity contribution in [2.24, 2.45) is 0 Å². The molecule has 0 amide bonds. The van der Waals surface area contributed by atoms with E-state index in [9.17, 15) is 5.11 Å². The highest BCUT2D eigenvalue weighted by molar-refractivity contribution is 5.39. The van der Waals surface area contributed by atoms with Crippen molar-refractivity contribution in [3.05, 3.63) is 72.3 Å². The van der Waals surface area contributed by atoms with Crippen LogP contribution in [-0.4, -0.2) is 33.6 Å². The molecule has 1 N–H and O–H groups in total. The van der Waals surface area contributed by atoms with Gasteiger partial charge in [-0.3, -0.25) is 0 Å². The monoisotopic (exact) mass is 325 g/mol. The molecule has 0 radical (unpaired) electrons. The van der Waals surface area contributed by atoms with Gasteiger partial charge < -0.3 is 19.1 Å².